The van der Waals surface area contributed by atoms with Gasteiger partial charge in [0.05, 0.1) is 10.6 Å². The highest BCUT2D eigenvalue weighted by Gasteiger charge is 2.07. The van der Waals surface area contributed by atoms with Gasteiger partial charge in [-0.3, -0.25) is 4.79 Å². The van der Waals surface area contributed by atoms with Crippen molar-refractivity contribution in [2.24, 2.45) is 5.73 Å². The Kier molecular flexibility index (Phi) is 8.47. The van der Waals surface area contributed by atoms with E-state index in [-0.39, 0.29) is 18.3 Å². The molecule has 2 rings (SSSR count). The third kappa shape index (κ3) is 6.09. The van der Waals surface area contributed by atoms with Gasteiger partial charge in [0.1, 0.15) is 12.4 Å². The molecule has 0 aliphatic heterocycles. The Hall–Kier alpha value is -1.76. The molecule has 0 unspecified atom stereocenters. The number of hydrogen-bond acceptors (Lipinski definition) is 5. The molecule has 2 aromatic rings. The molecule has 0 spiro atoms. The van der Waals surface area contributed by atoms with Gasteiger partial charge in [-0.05, 0) is 42.2 Å². The standard InChI is InChI=1S/C16H19N3O2S.ClH/c1-2-22-15-8-3-12(11-18-15)16(20)19-13-4-6-14(7-5-13)21-10-9-17;/h3-8,11H,2,9-10,17H2,1H3,(H,19,20);1H. The normalized spacial score (nSPS) is 9.83. The highest BCUT2D eigenvalue weighted by molar-refractivity contribution is 7.99. The zero-order valence-electron chi connectivity index (χ0n) is 12.8. The number of pyridine rings is 1. The molecular weight excluding hydrogens is 334 g/mol. The number of thioether (sulfide) groups is 1. The van der Waals surface area contributed by atoms with Gasteiger partial charge in [0, 0.05) is 18.4 Å². The summed E-state index contributed by atoms with van der Waals surface area (Å²) in [5.41, 5.74) is 6.61. The fourth-order valence-corrected chi connectivity index (χ4v) is 2.35. The monoisotopic (exact) mass is 353 g/mol. The van der Waals surface area contributed by atoms with Gasteiger partial charge in [-0.25, -0.2) is 4.98 Å². The summed E-state index contributed by atoms with van der Waals surface area (Å²) in [4.78, 5) is 16.4. The van der Waals surface area contributed by atoms with E-state index in [4.69, 9.17) is 10.5 Å². The van der Waals surface area contributed by atoms with E-state index >= 15 is 0 Å². The predicted molar refractivity (Wildman–Crippen MR) is 96.8 cm³/mol. The largest absolute Gasteiger partial charge is 0.492 e. The second-order valence-electron chi connectivity index (χ2n) is 4.43. The molecule has 0 aliphatic carbocycles. The van der Waals surface area contributed by atoms with Crippen LogP contribution < -0.4 is 15.8 Å². The molecule has 0 atom stereocenters. The van der Waals surface area contributed by atoms with Gasteiger partial charge in [0.25, 0.3) is 5.91 Å². The summed E-state index contributed by atoms with van der Waals surface area (Å²) in [6.45, 7) is 3.01. The lowest BCUT2D eigenvalue weighted by atomic mass is 10.2. The van der Waals surface area contributed by atoms with E-state index in [0.29, 0.717) is 24.4 Å². The van der Waals surface area contributed by atoms with Gasteiger partial charge in [-0.2, -0.15) is 0 Å². The summed E-state index contributed by atoms with van der Waals surface area (Å²) in [6.07, 6.45) is 1.59. The van der Waals surface area contributed by atoms with Crippen LogP contribution in [0.15, 0.2) is 47.6 Å². The van der Waals surface area contributed by atoms with Crippen molar-refractivity contribution in [2.45, 2.75) is 11.9 Å². The van der Waals surface area contributed by atoms with E-state index in [1.807, 2.05) is 6.07 Å². The van der Waals surface area contributed by atoms with Gasteiger partial charge in [0.2, 0.25) is 0 Å². The van der Waals surface area contributed by atoms with Crippen LogP contribution in [0.4, 0.5) is 5.69 Å². The van der Waals surface area contributed by atoms with Crippen molar-refractivity contribution in [3.63, 3.8) is 0 Å². The fraction of sp³-hybridized carbons (Fsp3) is 0.250. The number of rotatable bonds is 7. The van der Waals surface area contributed by atoms with E-state index in [2.05, 4.69) is 17.2 Å². The Morgan fingerprint density at radius 3 is 2.57 bits per heavy atom. The molecule has 1 amide bonds. The van der Waals surface area contributed by atoms with Crippen molar-refractivity contribution in [3.8, 4) is 5.75 Å². The third-order valence-corrected chi connectivity index (χ3v) is 3.62. The second kappa shape index (κ2) is 10.1. The number of aromatic nitrogens is 1. The Labute approximate surface area is 146 Å². The van der Waals surface area contributed by atoms with Crippen LogP contribution in [0, 0.1) is 0 Å². The number of nitrogens with two attached hydrogens (primary N) is 1. The summed E-state index contributed by atoms with van der Waals surface area (Å²) in [6, 6.07) is 10.8. The average Bonchev–Trinajstić information content (AvgIpc) is 2.55. The number of carbonyl (C=O) groups excluding carboxylic acids is 1. The maximum Gasteiger partial charge on any atom is 0.257 e. The number of nitrogens with zero attached hydrogens (tertiary/aromatic N) is 1. The van der Waals surface area contributed by atoms with E-state index in [0.717, 1.165) is 16.5 Å². The number of amides is 1. The minimum atomic E-state index is -0.184. The first-order chi connectivity index (χ1) is 10.7. The number of hydrogen-bond donors (Lipinski definition) is 2. The van der Waals surface area contributed by atoms with E-state index in [9.17, 15) is 4.79 Å². The van der Waals surface area contributed by atoms with Crippen molar-refractivity contribution in [2.75, 3.05) is 24.2 Å². The maximum atomic E-state index is 12.1. The van der Waals surface area contributed by atoms with Gasteiger partial charge < -0.3 is 15.8 Å². The smallest absolute Gasteiger partial charge is 0.257 e. The molecule has 3 N–H and O–H groups in total. The SMILES string of the molecule is CCSc1ccc(C(=O)Nc2ccc(OCCN)cc2)cn1.Cl. The van der Waals surface area contributed by atoms with E-state index < -0.39 is 0 Å². The van der Waals surface area contributed by atoms with Crippen LogP contribution in [0.25, 0.3) is 0 Å². The number of nitrogens with one attached hydrogen (secondary N) is 1. The highest BCUT2D eigenvalue weighted by atomic mass is 35.5. The molecule has 1 aromatic carbocycles. The number of ether oxygens (including phenoxy) is 1. The van der Waals surface area contributed by atoms with Crippen LogP contribution in [-0.2, 0) is 0 Å². The lowest BCUT2D eigenvalue weighted by Gasteiger charge is -2.08. The van der Waals surface area contributed by atoms with Crippen molar-refractivity contribution in [3.05, 3.63) is 48.2 Å². The molecule has 0 saturated carbocycles. The van der Waals surface area contributed by atoms with Crippen LogP contribution in [0.1, 0.15) is 17.3 Å². The van der Waals surface area contributed by atoms with E-state index in [1.165, 1.54) is 0 Å². The van der Waals surface area contributed by atoms with Gasteiger partial charge >= 0.3 is 0 Å². The van der Waals surface area contributed by atoms with Gasteiger partial charge in [0.15, 0.2) is 0 Å². The minimum absolute atomic E-state index is 0. The van der Waals surface area contributed by atoms with Gasteiger partial charge in [-0.15, -0.1) is 24.2 Å². The second-order valence-corrected chi connectivity index (χ2v) is 5.72. The van der Waals surface area contributed by atoms with Crippen LogP contribution >= 0.6 is 24.2 Å². The number of benzene rings is 1. The van der Waals surface area contributed by atoms with Crippen LogP contribution in [0.5, 0.6) is 5.75 Å². The first kappa shape index (κ1) is 19.3. The zero-order chi connectivity index (χ0) is 15.8. The highest BCUT2D eigenvalue weighted by Crippen LogP contribution is 2.17. The molecule has 0 radical (unpaired) electrons. The number of anilines is 1. The Morgan fingerprint density at radius 2 is 2.00 bits per heavy atom. The molecule has 124 valence electrons. The summed E-state index contributed by atoms with van der Waals surface area (Å²) >= 11 is 1.64. The number of carbonyl (C=O) groups is 1. The molecule has 0 fully saturated rings. The lowest BCUT2D eigenvalue weighted by Crippen LogP contribution is -2.12. The Bertz CT molecular complexity index is 606. The summed E-state index contributed by atoms with van der Waals surface area (Å²) in [5, 5.41) is 3.74. The first-order valence-corrected chi connectivity index (χ1v) is 8.04. The maximum absolute atomic E-state index is 12.1. The summed E-state index contributed by atoms with van der Waals surface area (Å²) < 4.78 is 5.39. The molecule has 0 saturated heterocycles. The summed E-state index contributed by atoms with van der Waals surface area (Å²) in [7, 11) is 0. The Balaban J connectivity index is 0.00000264. The third-order valence-electron chi connectivity index (χ3n) is 2.79. The van der Waals surface area contributed by atoms with Crippen LogP contribution in [-0.4, -0.2) is 29.8 Å². The van der Waals surface area contributed by atoms with Crippen molar-refractivity contribution in [1.82, 2.24) is 4.98 Å². The topological polar surface area (TPSA) is 77.2 Å². The molecule has 1 heterocycles. The predicted octanol–water partition coefficient (Wildman–Crippen LogP) is 3.21. The average molecular weight is 354 g/mol. The van der Waals surface area contributed by atoms with Crippen molar-refractivity contribution < 1.29 is 9.53 Å². The molecular formula is C16H20ClN3O2S. The minimum Gasteiger partial charge on any atom is -0.492 e. The van der Waals surface area contributed by atoms with Crippen molar-refractivity contribution >= 4 is 35.8 Å². The lowest BCUT2D eigenvalue weighted by molar-refractivity contribution is 0.102. The summed E-state index contributed by atoms with van der Waals surface area (Å²) in [5.74, 6) is 1.50. The van der Waals surface area contributed by atoms with Gasteiger partial charge in [-0.1, -0.05) is 6.92 Å². The molecule has 7 heteroatoms. The quantitative estimate of drug-likeness (QED) is 0.747. The Morgan fingerprint density at radius 1 is 1.26 bits per heavy atom. The number of halogens is 1. The molecule has 0 aliphatic rings. The van der Waals surface area contributed by atoms with E-state index in [1.54, 1.807) is 48.3 Å². The molecule has 0 bridgehead atoms. The molecule has 23 heavy (non-hydrogen) atoms. The van der Waals surface area contributed by atoms with Crippen LogP contribution in [0.3, 0.4) is 0 Å². The van der Waals surface area contributed by atoms with Crippen molar-refractivity contribution in [1.29, 1.82) is 0 Å². The molecule has 1 aromatic heterocycles. The van der Waals surface area contributed by atoms with Crippen LogP contribution in [0.2, 0.25) is 0 Å². The zero-order valence-corrected chi connectivity index (χ0v) is 14.5. The molecule has 5 nitrogen and oxygen atoms in total. The first-order valence-electron chi connectivity index (χ1n) is 7.06. The fourth-order valence-electron chi connectivity index (χ4n) is 1.76.